The second-order valence-electron chi connectivity index (χ2n) is 5.75. The number of hydrogen-bond acceptors (Lipinski definition) is 4. The lowest BCUT2D eigenvalue weighted by molar-refractivity contribution is -0.131. The first-order valence-corrected chi connectivity index (χ1v) is 8.28. The molecule has 1 N–H and O–H groups in total. The van der Waals surface area contributed by atoms with Gasteiger partial charge in [0, 0.05) is 37.3 Å². The number of benzene rings is 1. The van der Waals surface area contributed by atoms with E-state index in [0.29, 0.717) is 31.2 Å². The highest BCUT2D eigenvalue weighted by Crippen LogP contribution is 2.17. The van der Waals surface area contributed by atoms with Gasteiger partial charge in [-0.3, -0.25) is 14.4 Å². The summed E-state index contributed by atoms with van der Waals surface area (Å²) in [5.74, 6) is -0.267. The van der Waals surface area contributed by atoms with Gasteiger partial charge in [0.05, 0.1) is 6.42 Å². The number of aromatic amines is 1. The van der Waals surface area contributed by atoms with Crippen LogP contribution in [0, 0.1) is 0 Å². The minimum atomic E-state index is -0.355. The normalized spacial score (nSPS) is 14.4. The van der Waals surface area contributed by atoms with Crippen LogP contribution in [0.2, 0.25) is 5.02 Å². The van der Waals surface area contributed by atoms with E-state index in [0.717, 1.165) is 5.56 Å². The van der Waals surface area contributed by atoms with Gasteiger partial charge in [-0.1, -0.05) is 29.8 Å². The lowest BCUT2D eigenvalue weighted by atomic mass is 10.1. The minimum Gasteiger partial charge on any atom is -0.339 e. The smallest absolute Gasteiger partial charge is 0.274 e. The second-order valence-corrected chi connectivity index (χ2v) is 6.15. The lowest BCUT2D eigenvalue weighted by Crippen LogP contribution is -2.51. The zero-order valence-electron chi connectivity index (χ0n) is 13.4. The molecule has 0 radical (unpaired) electrons. The number of halogens is 1. The maximum Gasteiger partial charge on any atom is 0.274 e. The van der Waals surface area contributed by atoms with E-state index in [1.807, 2.05) is 18.2 Å². The predicted molar refractivity (Wildman–Crippen MR) is 92.5 cm³/mol. The Morgan fingerprint density at radius 1 is 1.04 bits per heavy atom. The van der Waals surface area contributed by atoms with E-state index in [1.54, 1.807) is 15.9 Å². The maximum atomic E-state index is 12.4. The number of piperazine rings is 1. The third-order valence-electron chi connectivity index (χ3n) is 4.12. The Morgan fingerprint density at radius 2 is 1.72 bits per heavy atom. The Balaban J connectivity index is 1.57. The van der Waals surface area contributed by atoms with Gasteiger partial charge in [0.2, 0.25) is 5.91 Å². The van der Waals surface area contributed by atoms with Crippen molar-refractivity contribution in [1.82, 2.24) is 20.0 Å². The Morgan fingerprint density at radius 3 is 2.36 bits per heavy atom. The molecule has 25 heavy (non-hydrogen) atoms. The number of H-pyrrole nitrogens is 1. The number of carbonyl (C=O) groups excluding carboxylic acids is 2. The van der Waals surface area contributed by atoms with E-state index in [-0.39, 0.29) is 29.5 Å². The highest BCUT2D eigenvalue weighted by atomic mass is 35.5. The minimum absolute atomic E-state index is 0.0117. The van der Waals surface area contributed by atoms with Gasteiger partial charge in [-0.05, 0) is 17.7 Å². The molecule has 0 bridgehead atoms. The third-order valence-corrected chi connectivity index (χ3v) is 4.49. The first kappa shape index (κ1) is 17.2. The topological polar surface area (TPSA) is 86.4 Å². The van der Waals surface area contributed by atoms with Gasteiger partial charge in [-0.25, -0.2) is 5.10 Å². The number of hydrogen-bond donors (Lipinski definition) is 1. The molecule has 8 heteroatoms. The van der Waals surface area contributed by atoms with Crippen molar-refractivity contribution in [3.8, 4) is 0 Å². The molecular weight excluding hydrogens is 344 g/mol. The van der Waals surface area contributed by atoms with Crippen molar-refractivity contribution in [3.63, 3.8) is 0 Å². The number of nitrogens with one attached hydrogen (secondary N) is 1. The molecule has 130 valence electrons. The molecule has 2 aromatic rings. The first-order valence-electron chi connectivity index (χ1n) is 7.91. The van der Waals surface area contributed by atoms with Crippen LogP contribution in [0.4, 0.5) is 0 Å². The van der Waals surface area contributed by atoms with Crippen LogP contribution in [0.5, 0.6) is 0 Å². The van der Waals surface area contributed by atoms with Crippen molar-refractivity contribution < 1.29 is 9.59 Å². The molecule has 0 atom stereocenters. The van der Waals surface area contributed by atoms with E-state index in [9.17, 15) is 14.4 Å². The molecule has 0 unspecified atom stereocenters. The van der Waals surface area contributed by atoms with E-state index in [2.05, 4.69) is 10.2 Å². The monoisotopic (exact) mass is 360 g/mol. The highest BCUT2D eigenvalue weighted by molar-refractivity contribution is 6.31. The number of carbonyl (C=O) groups is 2. The highest BCUT2D eigenvalue weighted by Gasteiger charge is 2.25. The SMILES string of the molecule is O=C(Cc1ccccc1Cl)N1CCN(C(=O)c2ccc(=O)[nH]n2)CC1. The van der Waals surface area contributed by atoms with Crippen LogP contribution in [0.3, 0.4) is 0 Å². The van der Waals surface area contributed by atoms with Crippen LogP contribution in [0.25, 0.3) is 0 Å². The van der Waals surface area contributed by atoms with Crippen molar-refractivity contribution in [2.24, 2.45) is 0 Å². The van der Waals surface area contributed by atoms with E-state index < -0.39 is 0 Å². The van der Waals surface area contributed by atoms with Gasteiger partial charge < -0.3 is 9.80 Å². The Bertz CT molecular complexity index is 823. The molecule has 0 spiro atoms. The molecule has 1 aromatic carbocycles. The number of aromatic nitrogens is 2. The summed E-state index contributed by atoms with van der Waals surface area (Å²) in [6.07, 6.45) is 0.245. The molecule has 1 fully saturated rings. The molecular formula is C17H17ClN4O3. The summed E-state index contributed by atoms with van der Waals surface area (Å²) < 4.78 is 0. The number of rotatable bonds is 3. The van der Waals surface area contributed by atoms with Gasteiger partial charge in [0.1, 0.15) is 5.69 Å². The fourth-order valence-corrected chi connectivity index (χ4v) is 2.90. The van der Waals surface area contributed by atoms with Crippen LogP contribution >= 0.6 is 11.6 Å². The fourth-order valence-electron chi connectivity index (χ4n) is 2.70. The Labute approximate surface area is 149 Å². The van der Waals surface area contributed by atoms with Crippen molar-refractivity contribution in [2.45, 2.75) is 6.42 Å². The molecule has 1 saturated heterocycles. The summed E-state index contributed by atoms with van der Waals surface area (Å²) in [6.45, 7) is 1.76. The van der Waals surface area contributed by atoms with Gasteiger partial charge in [-0.15, -0.1) is 0 Å². The van der Waals surface area contributed by atoms with Crippen molar-refractivity contribution in [3.05, 3.63) is 63.0 Å². The number of nitrogens with zero attached hydrogens (tertiary/aromatic N) is 3. The summed E-state index contributed by atoms with van der Waals surface area (Å²) in [6, 6.07) is 9.94. The summed E-state index contributed by atoms with van der Waals surface area (Å²) >= 11 is 6.10. The average molecular weight is 361 g/mol. The zero-order chi connectivity index (χ0) is 17.8. The predicted octanol–water partition coefficient (Wildman–Crippen LogP) is 0.950. The third kappa shape index (κ3) is 4.06. The molecule has 0 saturated carbocycles. The molecule has 1 aromatic heterocycles. The fraction of sp³-hybridized carbons (Fsp3) is 0.294. The quantitative estimate of drug-likeness (QED) is 0.883. The van der Waals surface area contributed by atoms with Crippen LogP contribution < -0.4 is 5.56 Å². The van der Waals surface area contributed by atoms with Crippen LogP contribution in [0.15, 0.2) is 41.2 Å². The summed E-state index contributed by atoms with van der Waals surface area (Å²) in [4.78, 5) is 39.1. The molecule has 1 aliphatic heterocycles. The molecule has 7 nitrogen and oxygen atoms in total. The summed E-state index contributed by atoms with van der Waals surface area (Å²) in [7, 11) is 0. The number of amides is 2. The van der Waals surface area contributed by atoms with Crippen molar-refractivity contribution >= 4 is 23.4 Å². The largest absolute Gasteiger partial charge is 0.339 e. The standard InChI is InChI=1S/C17H17ClN4O3/c18-13-4-2-1-3-12(13)11-16(24)21-7-9-22(10-8-21)17(25)14-5-6-15(23)20-19-14/h1-6H,7-11H2,(H,20,23). The Hall–Kier alpha value is -2.67. The molecule has 3 rings (SSSR count). The molecule has 2 heterocycles. The van der Waals surface area contributed by atoms with E-state index in [1.165, 1.54) is 12.1 Å². The van der Waals surface area contributed by atoms with Crippen molar-refractivity contribution in [1.29, 1.82) is 0 Å². The molecule has 1 aliphatic rings. The summed E-state index contributed by atoms with van der Waals surface area (Å²) in [5.41, 5.74) is 0.632. The van der Waals surface area contributed by atoms with Crippen LogP contribution in [0.1, 0.15) is 16.1 Å². The molecule has 0 aliphatic carbocycles. The lowest BCUT2D eigenvalue weighted by Gasteiger charge is -2.34. The van der Waals surface area contributed by atoms with E-state index >= 15 is 0 Å². The molecule has 2 amide bonds. The van der Waals surface area contributed by atoms with Gasteiger partial charge in [0.25, 0.3) is 11.5 Å². The van der Waals surface area contributed by atoms with Gasteiger partial charge in [0.15, 0.2) is 0 Å². The van der Waals surface area contributed by atoms with E-state index in [4.69, 9.17) is 11.6 Å². The maximum absolute atomic E-state index is 12.4. The summed E-state index contributed by atoms with van der Waals surface area (Å²) in [5, 5.41) is 6.58. The zero-order valence-corrected chi connectivity index (χ0v) is 14.2. The first-order chi connectivity index (χ1) is 12.0. The van der Waals surface area contributed by atoms with Gasteiger partial charge >= 0.3 is 0 Å². The Kier molecular flexibility index (Phi) is 5.14. The van der Waals surface area contributed by atoms with Crippen LogP contribution in [-0.4, -0.2) is 58.0 Å². The average Bonchev–Trinajstić information content (AvgIpc) is 2.64. The van der Waals surface area contributed by atoms with Crippen molar-refractivity contribution in [2.75, 3.05) is 26.2 Å². The van der Waals surface area contributed by atoms with Gasteiger partial charge in [-0.2, -0.15) is 5.10 Å². The second kappa shape index (κ2) is 7.48. The van der Waals surface area contributed by atoms with Crippen LogP contribution in [-0.2, 0) is 11.2 Å².